The standard InChI is InChI=1S/C11H16O6/c12-5-10(6-13)7-16-11(17-10)3-1-2-8(4-11)9(14)15/h4,12-13H,1-3,5-7H2,(H,14,15). The van der Waals surface area contributed by atoms with E-state index >= 15 is 0 Å². The van der Waals surface area contributed by atoms with Crippen LogP contribution >= 0.6 is 0 Å². The lowest BCUT2D eigenvalue weighted by Crippen LogP contribution is -2.43. The van der Waals surface area contributed by atoms with Gasteiger partial charge < -0.3 is 24.8 Å². The highest BCUT2D eigenvalue weighted by Gasteiger charge is 2.50. The molecule has 3 N–H and O–H groups in total. The van der Waals surface area contributed by atoms with Crippen LogP contribution in [0.4, 0.5) is 0 Å². The summed E-state index contributed by atoms with van der Waals surface area (Å²) in [5, 5.41) is 27.4. The Morgan fingerprint density at radius 1 is 1.41 bits per heavy atom. The normalized spacial score (nSPS) is 31.5. The number of carboxylic acids is 1. The number of hydrogen-bond donors (Lipinski definition) is 3. The van der Waals surface area contributed by atoms with Crippen LogP contribution < -0.4 is 0 Å². The molecule has 2 rings (SSSR count). The number of carbonyl (C=O) groups is 1. The smallest absolute Gasteiger partial charge is 0.331 e. The molecule has 1 unspecified atom stereocenters. The summed E-state index contributed by atoms with van der Waals surface area (Å²) in [7, 11) is 0. The van der Waals surface area contributed by atoms with Crippen LogP contribution in [0.15, 0.2) is 11.6 Å². The van der Waals surface area contributed by atoms with E-state index in [2.05, 4.69) is 0 Å². The van der Waals surface area contributed by atoms with E-state index < -0.39 is 17.4 Å². The molecule has 0 bridgehead atoms. The molecule has 0 aromatic heterocycles. The van der Waals surface area contributed by atoms with Gasteiger partial charge in [-0.05, 0) is 18.9 Å². The van der Waals surface area contributed by atoms with E-state index in [9.17, 15) is 15.0 Å². The molecule has 0 aromatic rings. The summed E-state index contributed by atoms with van der Waals surface area (Å²) in [6.07, 6.45) is 3.11. The second-order valence-electron chi connectivity index (χ2n) is 4.53. The Morgan fingerprint density at radius 2 is 2.12 bits per heavy atom. The van der Waals surface area contributed by atoms with E-state index in [1.54, 1.807) is 0 Å². The van der Waals surface area contributed by atoms with Gasteiger partial charge in [0.1, 0.15) is 5.60 Å². The molecular weight excluding hydrogens is 228 g/mol. The molecule has 0 radical (unpaired) electrons. The van der Waals surface area contributed by atoms with Crippen LogP contribution in [0, 0.1) is 0 Å². The summed E-state index contributed by atoms with van der Waals surface area (Å²) < 4.78 is 11.1. The predicted molar refractivity (Wildman–Crippen MR) is 56.2 cm³/mol. The fraction of sp³-hybridized carbons (Fsp3) is 0.727. The minimum Gasteiger partial charge on any atom is -0.478 e. The fourth-order valence-corrected chi connectivity index (χ4v) is 2.18. The number of rotatable bonds is 3. The summed E-state index contributed by atoms with van der Waals surface area (Å²) in [4.78, 5) is 10.9. The second kappa shape index (κ2) is 4.38. The molecular formula is C11H16O6. The largest absolute Gasteiger partial charge is 0.478 e. The quantitative estimate of drug-likeness (QED) is 0.628. The number of hydrogen-bond acceptors (Lipinski definition) is 5. The van der Waals surface area contributed by atoms with Crippen LogP contribution in [0.1, 0.15) is 19.3 Å². The summed E-state index contributed by atoms with van der Waals surface area (Å²) in [5.74, 6) is -2.08. The van der Waals surface area contributed by atoms with E-state index in [1.165, 1.54) is 6.08 Å². The maximum atomic E-state index is 10.9. The Hall–Kier alpha value is -0.950. The van der Waals surface area contributed by atoms with Crippen molar-refractivity contribution in [3.63, 3.8) is 0 Å². The highest BCUT2D eigenvalue weighted by Crippen LogP contribution is 2.40. The zero-order chi connectivity index (χ0) is 12.5. The van der Waals surface area contributed by atoms with Crippen molar-refractivity contribution in [1.82, 2.24) is 0 Å². The lowest BCUT2D eigenvalue weighted by Gasteiger charge is -2.31. The van der Waals surface area contributed by atoms with Gasteiger partial charge in [-0.2, -0.15) is 0 Å². The average Bonchev–Trinajstić information content (AvgIpc) is 2.69. The van der Waals surface area contributed by atoms with E-state index in [1.807, 2.05) is 0 Å². The fourth-order valence-electron chi connectivity index (χ4n) is 2.18. The molecule has 1 heterocycles. The van der Waals surface area contributed by atoms with Crippen LogP contribution in [-0.4, -0.2) is 52.5 Å². The van der Waals surface area contributed by atoms with Crippen molar-refractivity contribution in [3.8, 4) is 0 Å². The number of ether oxygens (including phenoxy) is 2. The molecule has 1 aliphatic heterocycles. The minimum atomic E-state index is -1.13. The van der Waals surface area contributed by atoms with Crippen molar-refractivity contribution < 1.29 is 29.6 Å². The molecule has 2 aliphatic rings. The Kier molecular flexibility index (Phi) is 3.22. The third-order valence-electron chi connectivity index (χ3n) is 3.19. The lowest BCUT2D eigenvalue weighted by atomic mass is 9.94. The zero-order valence-electron chi connectivity index (χ0n) is 9.39. The van der Waals surface area contributed by atoms with Gasteiger partial charge in [-0.15, -0.1) is 0 Å². The Balaban J connectivity index is 2.22. The van der Waals surface area contributed by atoms with Gasteiger partial charge in [0.05, 0.1) is 19.8 Å². The van der Waals surface area contributed by atoms with Crippen molar-refractivity contribution >= 4 is 5.97 Å². The van der Waals surface area contributed by atoms with Gasteiger partial charge in [-0.25, -0.2) is 4.79 Å². The maximum absolute atomic E-state index is 10.9. The lowest BCUT2D eigenvalue weighted by molar-refractivity contribution is -0.177. The van der Waals surface area contributed by atoms with Gasteiger partial charge in [0.25, 0.3) is 0 Å². The molecule has 1 spiro atoms. The van der Waals surface area contributed by atoms with Gasteiger partial charge in [0.2, 0.25) is 0 Å². The highest BCUT2D eigenvalue weighted by atomic mass is 16.8. The van der Waals surface area contributed by atoms with Gasteiger partial charge in [-0.1, -0.05) is 0 Å². The first kappa shape index (κ1) is 12.5. The number of carboxylic acid groups (broad SMARTS) is 1. The first-order valence-corrected chi connectivity index (χ1v) is 5.56. The molecule has 17 heavy (non-hydrogen) atoms. The van der Waals surface area contributed by atoms with Gasteiger partial charge in [0.15, 0.2) is 5.79 Å². The van der Waals surface area contributed by atoms with E-state index in [4.69, 9.17) is 14.6 Å². The SMILES string of the molecule is O=C(O)C1=CC2(CCC1)OCC(CO)(CO)O2. The summed E-state index contributed by atoms with van der Waals surface area (Å²) in [5.41, 5.74) is -0.875. The monoisotopic (exact) mass is 244 g/mol. The van der Waals surface area contributed by atoms with Crippen molar-refractivity contribution in [2.75, 3.05) is 19.8 Å². The summed E-state index contributed by atoms with van der Waals surface area (Å²) >= 11 is 0. The maximum Gasteiger partial charge on any atom is 0.331 e. The van der Waals surface area contributed by atoms with Crippen molar-refractivity contribution in [1.29, 1.82) is 0 Å². The Labute approximate surface area is 98.5 Å². The third-order valence-corrected chi connectivity index (χ3v) is 3.19. The molecule has 0 saturated carbocycles. The Bertz CT molecular complexity index is 346. The molecule has 0 aromatic carbocycles. The number of aliphatic hydroxyl groups is 2. The van der Waals surface area contributed by atoms with Crippen LogP contribution in [0.5, 0.6) is 0 Å². The van der Waals surface area contributed by atoms with Gasteiger partial charge >= 0.3 is 5.97 Å². The van der Waals surface area contributed by atoms with E-state index in [0.717, 1.165) is 0 Å². The van der Waals surface area contributed by atoms with Crippen LogP contribution in [-0.2, 0) is 14.3 Å². The predicted octanol–water partition coefficient (Wildman–Crippen LogP) is -0.352. The molecule has 1 atom stereocenters. The number of aliphatic hydroxyl groups excluding tert-OH is 2. The Morgan fingerprint density at radius 3 is 2.65 bits per heavy atom. The summed E-state index contributed by atoms with van der Waals surface area (Å²) in [6, 6.07) is 0. The molecule has 6 nitrogen and oxygen atoms in total. The minimum absolute atomic E-state index is 0.0589. The second-order valence-corrected chi connectivity index (χ2v) is 4.53. The van der Waals surface area contributed by atoms with Crippen molar-refractivity contribution in [2.45, 2.75) is 30.7 Å². The van der Waals surface area contributed by atoms with Crippen LogP contribution in [0.2, 0.25) is 0 Å². The zero-order valence-corrected chi connectivity index (χ0v) is 9.39. The average molecular weight is 244 g/mol. The molecule has 1 saturated heterocycles. The van der Waals surface area contributed by atoms with Crippen molar-refractivity contribution in [3.05, 3.63) is 11.6 Å². The third kappa shape index (κ3) is 2.21. The molecule has 0 amide bonds. The molecule has 1 fully saturated rings. The first-order valence-electron chi connectivity index (χ1n) is 5.56. The summed E-state index contributed by atoms with van der Waals surface area (Å²) in [6.45, 7) is -0.660. The van der Waals surface area contributed by atoms with Crippen molar-refractivity contribution in [2.24, 2.45) is 0 Å². The molecule has 96 valence electrons. The van der Waals surface area contributed by atoms with E-state index in [-0.39, 0.29) is 25.4 Å². The molecule has 6 heteroatoms. The van der Waals surface area contributed by atoms with E-state index in [0.29, 0.717) is 19.3 Å². The van der Waals surface area contributed by atoms with Gasteiger partial charge in [0, 0.05) is 12.0 Å². The number of aliphatic carboxylic acids is 1. The van der Waals surface area contributed by atoms with Crippen LogP contribution in [0.25, 0.3) is 0 Å². The highest BCUT2D eigenvalue weighted by molar-refractivity contribution is 5.86. The molecule has 1 aliphatic carbocycles. The topological polar surface area (TPSA) is 96.2 Å². The van der Waals surface area contributed by atoms with Gasteiger partial charge in [-0.3, -0.25) is 0 Å². The van der Waals surface area contributed by atoms with Crippen LogP contribution in [0.3, 0.4) is 0 Å². The first-order chi connectivity index (χ1) is 8.05.